The molecule has 1 aliphatic rings. The monoisotopic (exact) mass is 302 g/mol. The lowest BCUT2D eigenvalue weighted by Gasteiger charge is -2.32. The summed E-state index contributed by atoms with van der Waals surface area (Å²) in [6.07, 6.45) is 7.35. The van der Waals surface area contributed by atoms with Gasteiger partial charge in [0.15, 0.2) is 0 Å². The van der Waals surface area contributed by atoms with E-state index in [1.54, 1.807) is 12.4 Å². The van der Waals surface area contributed by atoms with E-state index in [1.165, 1.54) is 14.2 Å². The SMILES string of the molecule is COc1nc(OC)nc(N2CCC[C@@H](c3cnccn3)C2)n1. The fourth-order valence-electron chi connectivity index (χ4n) is 2.57. The second-order valence-corrected chi connectivity index (χ2v) is 5.02. The number of rotatable bonds is 4. The van der Waals surface area contributed by atoms with Crippen molar-refractivity contribution in [1.29, 1.82) is 0 Å². The van der Waals surface area contributed by atoms with Gasteiger partial charge < -0.3 is 14.4 Å². The van der Waals surface area contributed by atoms with Crippen LogP contribution in [0.3, 0.4) is 0 Å². The van der Waals surface area contributed by atoms with Gasteiger partial charge in [0, 0.05) is 37.6 Å². The van der Waals surface area contributed by atoms with Crippen molar-refractivity contribution >= 4 is 5.95 Å². The van der Waals surface area contributed by atoms with Gasteiger partial charge in [-0.2, -0.15) is 9.97 Å². The number of anilines is 1. The smallest absolute Gasteiger partial charge is 0.324 e. The predicted molar refractivity (Wildman–Crippen MR) is 79.2 cm³/mol. The summed E-state index contributed by atoms with van der Waals surface area (Å²) in [6, 6.07) is 0.506. The largest absolute Gasteiger partial charge is 0.467 e. The third-order valence-electron chi connectivity index (χ3n) is 3.65. The van der Waals surface area contributed by atoms with E-state index in [0.717, 1.165) is 31.6 Å². The Balaban J connectivity index is 1.82. The Hall–Kier alpha value is -2.51. The zero-order valence-electron chi connectivity index (χ0n) is 12.6. The van der Waals surface area contributed by atoms with E-state index in [1.807, 2.05) is 6.20 Å². The third-order valence-corrected chi connectivity index (χ3v) is 3.65. The second-order valence-electron chi connectivity index (χ2n) is 5.02. The molecule has 3 rings (SSSR count). The van der Waals surface area contributed by atoms with Crippen molar-refractivity contribution in [3.63, 3.8) is 0 Å². The molecule has 0 unspecified atom stereocenters. The average Bonchev–Trinajstić information content (AvgIpc) is 2.62. The molecule has 116 valence electrons. The molecule has 3 heterocycles. The molecule has 0 N–H and O–H groups in total. The number of nitrogens with zero attached hydrogens (tertiary/aromatic N) is 6. The molecule has 0 aromatic carbocycles. The Bertz CT molecular complexity index is 602. The highest BCUT2D eigenvalue weighted by atomic mass is 16.5. The van der Waals surface area contributed by atoms with Gasteiger partial charge in [-0.15, -0.1) is 4.98 Å². The minimum absolute atomic E-state index is 0.253. The molecule has 8 nitrogen and oxygen atoms in total. The molecule has 1 atom stereocenters. The Morgan fingerprint density at radius 1 is 1.09 bits per heavy atom. The molecule has 0 amide bonds. The van der Waals surface area contributed by atoms with Gasteiger partial charge in [0.1, 0.15) is 0 Å². The van der Waals surface area contributed by atoms with Crippen LogP contribution in [0.2, 0.25) is 0 Å². The Morgan fingerprint density at radius 3 is 2.50 bits per heavy atom. The molecule has 22 heavy (non-hydrogen) atoms. The van der Waals surface area contributed by atoms with Crippen molar-refractivity contribution < 1.29 is 9.47 Å². The van der Waals surface area contributed by atoms with Crippen LogP contribution >= 0.6 is 0 Å². The van der Waals surface area contributed by atoms with Crippen LogP contribution in [0.1, 0.15) is 24.5 Å². The van der Waals surface area contributed by atoms with E-state index < -0.39 is 0 Å². The number of ether oxygens (including phenoxy) is 2. The molecule has 8 heteroatoms. The molecule has 1 aliphatic heterocycles. The molecule has 0 saturated carbocycles. The first-order valence-corrected chi connectivity index (χ1v) is 7.15. The van der Waals surface area contributed by atoms with Crippen molar-refractivity contribution in [2.24, 2.45) is 0 Å². The summed E-state index contributed by atoms with van der Waals surface area (Å²) in [5.74, 6) is 0.883. The van der Waals surface area contributed by atoms with Gasteiger partial charge in [-0.25, -0.2) is 0 Å². The van der Waals surface area contributed by atoms with Crippen LogP contribution in [0, 0.1) is 0 Å². The Morgan fingerprint density at radius 2 is 1.86 bits per heavy atom. The molecule has 0 aliphatic carbocycles. The van der Waals surface area contributed by atoms with Gasteiger partial charge >= 0.3 is 12.0 Å². The number of aromatic nitrogens is 5. The molecule has 0 radical (unpaired) electrons. The standard InChI is InChI=1S/C14H18N6O2/c1-21-13-17-12(18-14(19-13)22-2)20-7-3-4-10(9-20)11-8-15-5-6-16-11/h5-6,8,10H,3-4,7,9H2,1-2H3/t10-/m1/s1. The van der Waals surface area contributed by atoms with Crippen LogP contribution in [-0.4, -0.2) is 52.2 Å². The zero-order chi connectivity index (χ0) is 15.4. The van der Waals surface area contributed by atoms with Crippen LogP contribution in [0.15, 0.2) is 18.6 Å². The normalized spacial score (nSPS) is 18.1. The molecule has 0 spiro atoms. The minimum atomic E-state index is 0.253. The molecule has 0 bridgehead atoms. The summed E-state index contributed by atoms with van der Waals surface area (Å²) in [5.41, 5.74) is 1.00. The van der Waals surface area contributed by atoms with Gasteiger partial charge in [-0.05, 0) is 12.8 Å². The van der Waals surface area contributed by atoms with Gasteiger partial charge in [-0.1, -0.05) is 0 Å². The lowest BCUT2D eigenvalue weighted by molar-refractivity contribution is 0.338. The molecule has 1 saturated heterocycles. The topological polar surface area (TPSA) is 86.2 Å². The lowest BCUT2D eigenvalue weighted by Crippen LogP contribution is -2.36. The van der Waals surface area contributed by atoms with Crippen molar-refractivity contribution in [3.8, 4) is 12.0 Å². The summed E-state index contributed by atoms with van der Waals surface area (Å²) in [7, 11) is 3.05. The fraction of sp³-hybridized carbons (Fsp3) is 0.500. The highest BCUT2D eigenvalue weighted by Crippen LogP contribution is 2.28. The third kappa shape index (κ3) is 3.05. The Kier molecular flexibility index (Phi) is 4.27. The first-order chi connectivity index (χ1) is 10.8. The first-order valence-electron chi connectivity index (χ1n) is 7.15. The van der Waals surface area contributed by atoms with Gasteiger partial charge in [0.2, 0.25) is 5.95 Å². The number of piperidine rings is 1. The van der Waals surface area contributed by atoms with Gasteiger partial charge in [0.05, 0.1) is 19.9 Å². The van der Waals surface area contributed by atoms with Crippen molar-refractivity contribution in [2.45, 2.75) is 18.8 Å². The summed E-state index contributed by atoms with van der Waals surface area (Å²) < 4.78 is 10.2. The molecular weight excluding hydrogens is 284 g/mol. The predicted octanol–water partition coefficient (Wildman–Crippen LogP) is 1.06. The van der Waals surface area contributed by atoms with Crippen LogP contribution < -0.4 is 14.4 Å². The van der Waals surface area contributed by atoms with Crippen molar-refractivity contribution in [3.05, 3.63) is 24.3 Å². The Labute approximate surface area is 128 Å². The highest BCUT2D eigenvalue weighted by Gasteiger charge is 2.25. The number of hydrogen-bond acceptors (Lipinski definition) is 8. The van der Waals surface area contributed by atoms with E-state index in [2.05, 4.69) is 29.8 Å². The summed E-state index contributed by atoms with van der Waals surface area (Å²) in [5, 5.41) is 0. The molecule has 2 aromatic rings. The zero-order valence-corrected chi connectivity index (χ0v) is 12.6. The maximum Gasteiger partial charge on any atom is 0.324 e. The first kappa shape index (κ1) is 14.4. The van der Waals surface area contributed by atoms with Gasteiger partial charge in [-0.3, -0.25) is 9.97 Å². The van der Waals surface area contributed by atoms with E-state index in [9.17, 15) is 0 Å². The van der Waals surface area contributed by atoms with E-state index >= 15 is 0 Å². The fourth-order valence-corrected chi connectivity index (χ4v) is 2.57. The summed E-state index contributed by atoms with van der Waals surface area (Å²) in [4.78, 5) is 23.3. The van der Waals surface area contributed by atoms with Gasteiger partial charge in [0.25, 0.3) is 0 Å². The van der Waals surface area contributed by atoms with Crippen LogP contribution in [0.4, 0.5) is 5.95 Å². The number of hydrogen-bond donors (Lipinski definition) is 0. The van der Waals surface area contributed by atoms with E-state index in [0.29, 0.717) is 11.9 Å². The molecular formula is C14H18N6O2. The summed E-state index contributed by atoms with van der Waals surface area (Å²) in [6.45, 7) is 1.67. The van der Waals surface area contributed by atoms with E-state index in [-0.39, 0.29) is 12.0 Å². The molecule has 2 aromatic heterocycles. The molecule has 1 fully saturated rings. The second kappa shape index (κ2) is 6.50. The van der Waals surface area contributed by atoms with E-state index in [4.69, 9.17) is 9.47 Å². The average molecular weight is 302 g/mol. The quantitative estimate of drug-likeness (QED) is 0.828. The maximum absolute atomic E-state index is 5.11. The maximum atomic E-state index is 5.11. The number of methoxy groups -OCH3 is 2. The van der Waals surface area contributed by atoms with Crippen LogP contribution in [-0.2, 0) is 0 Å². The van der Waals surface area contributed by atoms with Crippen LogP contribution in [0.5, 0.6) is 12.0 Å². The summed E-state index contributed by atoms with van der Waals surface area (Å²) >= 11 is 0. The van der Waals surface area contributed by atoms with Crippen molar-refractivity contribution in [1.82, 2.24) is 24.9 Å². The van der Waals surface area contributed by atoms with Crippen LogP contribution in [0.25, 0.3) is 0 Å². The van der Waals surface area contributed by atoms with Crippen molar-refractivity contribution in [2.75, 3.05) is 32.2 Å². The minimum Gasteiger partial charge on any atom is -0.467 e. The lowest BCUT2D eigenvalue weighted by atomic mass is 9.95. The highest BCUT2D eigenvalue weighted by molar-refractivity contribution is 5.34.